The van der Waals surface area contributed by atoms with Crippen molar-refractivity contribution in [1.29, 1.82) is 0 Å². The fourth-order valence-corrected chi connectivity index (χ4v) is 2.17. The van der Waals surface area contributed by atoms with Gasteiger partial charge >= 0.3 is 0 Å². The van der Waals surface area contributed by atoms with Crippen LogP contribution < -0.4 is 5.32 Å². The highest BCUT2D eigenvalue weighted by atomic mass is 16.3. The second-order valence-electron chi connectivity index (χ2n) is 4.77. The molecule has 2 nitrogen and oxygen atoms in total. The zero-order chi connectivity index (χ0) is 12.2. The third-order valence-corrected chi connectivity index (χ3v) is 3.32. The summed E-state index contributed by atoms with van der Waals surface area (Å²) in [6.07, 6.45) is 9.78. The molecule has 0 aromatic heterocycles. The summed E-state index contributed by atoms with van der Waals surface area (Å²) >= 11 is 0. The van der Waals surface area contributed by atoms with Crippen molar-refractivity contribution in [2.45, 2.75) is 78.4 Å². The quantitative estimate of drug-likeness (QED) is 0.418. The molecule has 0 aliphatic carbocycles. The van der Waals surface area contributed by atoms with Gasteiger partial charge in [0, 0.05) is 0 Å². The van der Waals surface area contributed by atoms with E-state index in [1.54, 1.807) is 0 Å². The van der Waals surface area contributed by atoms with Crippen molar-refractivity contribution in [2.24, 2.45) is 5.92 Å². The summed E-state index contributed by atoms with van der Waals surface area (Å²) in [5.74, 6) is 0.875. The second kappa shape index (κ2) is 11.4. The van der Waals surface area contributed by atoms with E-state index in [0.717, 1.165) is 25.3 Å². The van der Waals surface area contributed by atoms with Crippen LogP contribution in [-0.4, -0.2) is 17.9 Å². The molecule has 0 aliphatic heterocycles. The Morgan fingerprint density at radius 1 is 0.938 bits per heavy atom. The van der Waals surface area contributed by atoms with E-state index in [0.29, 0.717) is 0 Å². The highest BCUT2D eigenvalue weighted by Gasteiger charge is 2.07. The first-order valence-electron chi connectivity index (χ1n) is 7.15. The molecular weight excluding hydrogens is 198 g/mol. The van der Waals surface area contributed by atoms with E-state index < -0.39 is 0 Å². The molecule has 0 rings (SSSR count). The first-order chi connectivity index (χ1) is 7.74. The van der Waals surface area contributed by atoms with E-state index >= 15 is 0 Å². The minimum atomic E-state index is -0.293. The highest BCUT2D eigenvalue weighted by Crippen LogP contribution is 2.20. The van der Waals surface area contributed by atoms with Crippen LogP contribution in [0.1, 0.15) is 72.1 Å². The fourth-order valence-electron chi connectivity index (χ4n) is 2.17. The monoisotopic (exact) mass is 229 g/mol. The normalized spacial score (nSPS) is 15.0. The molecule has 0 aromatic rings. The van der Waals surface area contributed by atoms with Crippen LogP contribution >= 0.6 is 0 Å². The average Bonchev–Trinajstić information content (AvgIpc) is 2.27. The number of aliphatic hydroxyl groups excluding tert-OH is 1. The van der Waals surface area contributed by atoms with Crippen LogP contribution in [0.25, 0.3) is 0 Å². The number of nitrogens with one attached hydrogen (secondary N) is 1. The van der Waals surface area contributed by atoms with Crippen molar-refractivity contribution in [3.8, 4) is 0 Å². The minimum absolute atomic E-state index is 0.293. The van der Waals surface area contributed by atoms with Gasteiger partial charge in [0.25, 0.3) is 0 Å². The standard InChI is InChI=1S/C14H31NO/c1-4-7-8-10-13(5-2)11-9-12-14(16)15-6-3/h13-16H,4-12H2,1-3H3. The zero-order valence-electron chi connectivity index (χ0n) is 11.5. The lowest BCUT2D eigenvalue weighted by molar-refractivity contribution is 0.124. The van der Waals surface area contributed by atoms with Crippen LogP contribution in [0, 0.1) is 5.92 Å². The van der Waals surface area contributed by atoms with Crippen molar-refractivity contribution in [3.05, 3.63) is 0 Å². The van der Waals surface area contributed by atoms with Gasteiger partial charge in [-0.1, -0.05) is 59.3 Å². The molecule has 0 aliphatic rings. The topological polar surface area (TPSA) is 32.3 Å². The summed E-state index contributed by atoms with van der Waals surface area (Å²) in [5.41, 5.74) is 0. The minimum Gasteiger partial charge on any atom is -0.379 e. The first-order valence-corrected chi connectivity index (χ1v) is 7.15. The number of hydrogen-bond donors (Lipinski definition) is 2. The van der Waals surface area contributed by atoms with Gasteiger partial charge in [0.1, 0.15) is 6.23 Å². The Bertz CT molecular complexity index is 139. The zero-order valence-corrected chi connectivity index (χ0v) is 11.5. The van der Waals surface area contributed by atoms with Crippen LogP contribution in [0.2, 0.25) is 0 Å². The summed E-state index contributed by atoms with van der Waals surface area (Å²) in [4.78, 5) is 0. The molecule has 0 fully saturated rings. The van der Waals surface area contributed by atoms with Gasteiger partial charge in [0.05, 0.1) is 0 Å². The Labute approximate surface area is 102 Å². The molecular formula is C14H31NO. The maximum absolute atomic E-state index is 9.54. The lowest BCUT2D eigenvalue weighted by Gasteiger charge is -2.16. The van der Waals surface area contributed by atoms with Crippen molar-refractivity contribution in [2.75, 3.05) is 6.54 Å². The van der Waals surface area contributed by atoms with Crippen molar-refractivity contribution < 1.29 is 5.11 Å². The molecule has 0 aromatic carbocycles. The summed E-state index contributed by atoms with van der Waals surface area (Å²) < 4.78 is 0. The molecule has 0 spiro atoms. The Morgan fingerprint density at radius 2 is 1.62 bits per heavy atom. The molecule has 2 heteroatoms. The van der Waals surface area contributed by atoms with E-state index in [9.17, 15) is 5.11 Å². The third kappa shape index (κ3) is 9.17. The molecule has 2 N–H and O–H groups in total. The molecule has 16 heavy (non-hydrogen) atoms. The van der Waals surface area contributed by atoms with Crippen molar-refractivity contribution in [3.63, 3.8) is 0 Å². The van der Waals surface area contributed by atoms with Gasteiger partial charge in [-0.25, -0.2) is 0 Å². The largest absolute Gasteiger partial charge is 0.379 e. The Morgan fingerprint density at radius 3 is 2.19 bits per heavy atom. The SMILES string of the molecule is CCCCCC(CC)CCCC(O)NCC. The Kier molecular flexibility index (Phi) is 11.3. The van der Waals surface area contributed by atoms with Gasteiger partial charge in [-0.2, -0.15) is 0 Å². The number of hydrogen-bond acceptors (Lipinski definition) is 2. The second-order valence-corrected chi connectivity index (χ2v) is 4.77. The summed E-state index contributed by atoms with van der Waals surface area (Å²) in [6, 6.07) is 0. The molecule has 2 unspecified atom stereocenters. The molecule has 0 radical (unpaired) electrons. The van der Waals surface area contributed by atoms with Gasteiger partial charge in [-0.15, -0.1) is 0 Å². The maximum atomic E-state index is 9.54. The van der Waals surface area contributed by atoms with Crippen LogP contribution in [0.15, 0.2) is 0 Å². The van der Waals surface area contributed by atoms with E-state index in [-0.39, 0.29) is 6.23 Å². The molecule has 0 amide bonds. The molecule has 0 bridgehead atoms. The fraction of sp³-hybridized carbons (Fsp3) is 1.00. The first kappa shape index (κ1) is 15.9. The highest BCUT2D eigenvalue weighted by molar-refractivity contribution is 4.60. The third-order valence-electron chi connectivity index (χ3n) is 3.32. The maximum Gasteiger partial charge on any atom is 0.104 e. The predicted octanol–water partition coefficient (Wildman–Crippen LogP) is 3.69. The van der Waals surface area contributed by atoms with Gasteiger partial charge in [-0.3, -0.25) is 5.32 Å². The van der Waals surface area contributed by atoms with E-state index in [1.165, 1.54) is 38.5 Å². The summed E-state index contributed by atoms with van der Waals surface area (Å²) in [5, 5.41) is 12.6. The lowest BCUT2D eigenvalue weighted by atomic mass is 9.93. The van der Waals surface area contributed by atoms with Crippen LogP contribution in [0.4, 0.5) is 0 Å². The predicted molar refractivity (Wildman–Crippen MR) is 71.5 cm³/mol. The molecule has 0 saturated carbocycles. The average molecular weight is 229 g/mol. The Balaban J connectivity index is 3.46. The molecule has 2 atom stereocenters. The van der Waals surface area contributed by atoms with Crippen LogP contribution in [0.3, 0.4) is 0 Å². The molecule has 0 heterocycles. The van der Waals surface area contributed by atoms with E-state index in [1.807, 2.05) is 6.92 Å². The molecule has 98 valence electrons. The van der Waals surface area contributed by atoms with Gasteiger partial charge < -0.3 is 5.11 Å². The number of rotatable bonds is 11. The Hall–Kier alpha value is -0.0800. The summed E-state index contributed by atoms with van der Waals surface area (Å²) in [6.45, 7) is 7.43. The van der Waals surface area contributed by atoms with Crippen LogP contribution in [0.5, 0.6) is 0 Å². The van der Waals surface area contributed by atoms with Crippen LogP contribution in [-0.2, 0) is 0 Å². The van der Waals surface area contributed by atoms with Crippen molar-refractivity contribution >= 4 is 0 Å². The van der Waals surface area contributed by atoms with Gasteiger partial charge in [-0.05, 0) is 25.3 Å². The van der Waals surface area contributed by atoms with Crippen molar-refractivity contribution in [1.82, 2.24) is 5.32 Å². The van der Waals surface area contributed by atoms with Gasteiger partial charge in [0.2, 0.25) is 0 Å². The molecule has 0 saturated heterocycles. The van der Waals surface area contributed by atoms with E-state index in [2.05, 4.69) is 19.2 Å². The van der Waals surface area contributed by atoms with E-state index in [4.69, 9.17) is 0 Å². The van der Waals surface area contributed by atoms with Gasteiger partial charge in [0.15, 0.2) is 0 Å². The summed E-state index contributed by atoms with van der Waals surface area (Å²) in [7, 11) is 0. The smallest absolute Gasteiger partial charge is 0.104 e. The number of aliphatic hydroxyl groups is 1. The number of unbranched alkanes of at least 4 members (excludes halogenated alkanes) is 2. The lowest BCUT2D eigenvalue weighted by Crippen LogP contribution is -2.28.